The smallest absolute Gasteiger partial charge is 0.00582 e. The van der Waals surface area contributed by atoms with E-state index >= 15 is 0 Å². The Morgan fingerprint density at radius 1 is 0.510 bits per heavy atom. The van der Waals surface area contributed by atoms with E-state index in [0.717, 1.165) is 89.2 Å². The Balaban J connectivity index is 0.946. The largest absolute Gasteiger partial charge is 0.0651 e. The summed E-state index contributed by atoms with van der Waals surface area (Å²) in [4.78, 5) is 0. The van der Waals surface area contributed by atoms with Gasteiger partial charge in [0.15, 0.2) is 0 Å². The molecule has 0 aromatic rings. The maximum atomic E-state index is 3.03. The van der Waals surface area contributed by atoms with Gasteiger partial charge in [-0.3, -0.25) is 0 Å². The molecule has 254 valence electrons. The molecule has 0 heterocycles. The van der Waals surface area contributed by atoms with E-state index in [4.69, 9.17) is 0 Å². The van der Waals surface area contributed by atoms with E-state index in [0.29, 0.717) is 32.5 Å². The standard InChI is InChI=1S/C49H58/c1-12-18-22-20-15-21-24-26-25-23-19(13-2)40-17(5)35(9)37(11)33(6,7)36(10)34(8)16(4)39-27-28-38(18,14-3)46(22)41(20,21)47(24)44(26,29(27)45(28,46)47)43(25)30(39)31(42(23,40)43)48(35,40)49(36,37)32(34)39/h16-32H,12-15H2,1-11H3. The number of fused-ring (bicyclic) bond motifs is 9. The molecule has 21 aliphatic carbocycles. The first kappa shape index (κ1) is 23.7. The molecule has 33 unspecified atom stereocenters. The molecule has 21 rings (SSSR count). The van der Waals surface area contributed by atoms with Gasteiger partial charge in [-0.15, -0.1) is 0 Å². The average Bonchev–Trinajstić information content (AvgIpc) is 3.02. The molecule has 0 aromatic carbocycles. The van der Waals surface area contributed by atoms with E-state index in [9.17, 15) is 0 Å². The highest BCUT2D eigenvalue weighted by Crippen LogP contribution is 3.43. The SMILES string of the molecule is CCC1C2C3CC4C5C6C7C8C(CC)C9%10C(C)C%11(C)C%12(C)C(C)(C)C%13(C)C%14(C)C(C)C%15%16C%17C%18C1(CC)C21C34C52C6(C%17C%1812)C71C%15C(C819)C%11%10C%13%12C%16%14. The van der Waals surface area contributed by atoms with Gasteiger partial charge in [-0.1, -0.05) is 89.0 Å². The van der Waals surface area contributed by atoms with Crippen molar-refractivity contribution in [2.75, 3.05) is 0 Å². The second-order valence-electron chi connectivity index (χ2n) is 27.6. The van der Waals surface area contributed by atoms with Gasteiger partial charge in [0.1, 0.15) is 0 Å². The summed E-state index contributed by atoms with van der Waals surface area (Å²) in [6, 6.07) is 0. The normalized spacial score (nSPS) is 104. The van der Waals surface area contributed by atoms with Gasteiger partial charge in [-0.2, -0.15) is 0 Å². The third kappa shape index (κ3) is 0.771. The van der Waals surface area contributed by atoms with Gasteiger partial charge in [0.25, 0.3) is 0 Å². The molecule has 33 atom stereocenters. The molecule has 21 fully saturated rings. The predicted molar refractivity (Wildman–Crippen MR) is 182 cm³/mol. The van der Waals surface area contributed by atoms with Crippen LogP contribution in [0.5, 0.6) is 0 Å². The fourth-order valence-corrected chi connectivity index (χ4v) is 39.1. The Kier molecular flexibility index (Phi) is 2.08. The van der Waals surface area contributed by atoms with E-state index in [1.54, 1.807) is 25.7 Å². The molecule has 21 aliphatic rings. The summed E-state index contributed by atoms with van der Waals surface area (Å²) in [5.41, 5.74) is 13.2. The summed E-state index contributed by atoms with van der Waals surface area (Å²) in [7, 11) is 0. The number of hydrogen-bond acceptors (Lipinski definition) is 0. The second-order valence-corrected chi connectivity index (χ2v) is 27.6. The first-order valence-electron chi connectivity index (χ1n) is 23.3. The van der Waals surface area contributed by atoms with E-state index in [-0.39, 0.29) is 0 Å². The van der Waals surface area contributed by atoms with Crippen molar-refractivity contribution in [3.05, 3.63) is 0 Å². The van der Waals surface area contributed by atoms with Crippen LogP contribution in [0.25, 0.3) is 0 Å². The summed E-state index contributed by atoms with van der Waals surface area (Å²) in [6.07, 6.45) is 6.45. The lowest BCUT2D eigenvalue weighted by molar-refractivity contribution is -0.954. The Bertz CT molecular complexity index is 2270. The van der Waals surface area contributed by atoms with Gasteiger partial charge in [-0.25, -0.2) is 0 Å². The van der Waals surface area contributed by atoms with Crippen molar-refractivity contribution in [2.24, 2.45) is 193 Å². The van der Waals surface area contributed by atoms with Crippen molar-refractivity contribution in [3.8, 4) is 0 Å². The van der Waals surface area contributed by atoms with Crippen LogP contribution in [0.15, 0.2) is 0 Å². The number of rotatable bonds is 3. The zero-order valence-corrected chi connectivity index (χ0v) is 32.1. The van der Waals surface area contributed by atoms with Crippen LogP contribution in [0.1, 0.15) is 102 Å². The quantitative estimate of drug-likeness (QED) is 0.287. The molecule has 0 bridgehead atoms. The van der Waals surface area contributed by atoms with Crippen LogP contribution in [-0.2, 0) is 0 Å². The predicted octanol–water partition coefficient (Wildman–Crippen LogP) is 9.30. The molecule has 0 nitrogen and oxygen atoms in total. The Morgan fingerprint density at radius 2 is 1.20 bits per heavy atom. The molecule has 0 aromatic heterocycles. The van der Waals surface area contributed by atoms with E-state index in [1.165, 1.54) is 71.0 Å². The van der Waals surface area contributed by atoms with Gasteiger partial charge in [0, 0.05) is 0 Å². The fourth-order valence-electron chi connectivity index (χ4n) is 39.1. The molecule has 0 saturated heterocycles. The molecular formula is C49H58. The molecule has 0 N–H and O–H groups in total. The number of hydrogen-bond donors (Lipinski definition) is 0. The van der Waals surface area contributed by atoms with Gasteiger partial charge < -0.3 is 0 Å². The minimum atomic E-state index is 0.479. The highest BCUT2D eigenvalue weighted by atomic mass is 15.4. The Hall–Kier alpha value is 0. The van der Waals surface area contributed by atoms with E-state index in [1.807, 2.05) is 0 Å². The maximum absolute atomic E-state index is 3.03. The second kappa shape index (κ2) is 4.30. The van der Waals surface area contributed by atoms with Gasteiger partial charge in [0.05, 0.1) is 0 Å². The first-order valence-corrected chi connectivity index (χ1v) is 23.3. The summed E-state index contributed by atoms with van der Waals surface area (Å²) in [6.45, 7) is 32.0. The minimum Gasteiger partial charge on any atom is -0.0651 e. The average molecular weight is 647 g/mol. The van der Waals surface area contributed by atoms with E-state index in [2.05, 4.69) is 76.2 Å². The van der Waals surface area contributed by atoms with Crippen molar-refractivity contribution in [1.82, 2.24) is 0 Å². The zero-order valence-electron chi connectivity index (χ0n) is 32.1. The highest BCUT2D eigenvalue weighted by Gasteiger charge is 3.41. The lowest BCUT2D eigenvalue weighted by atomic mass is 8.62. The third-order valence-corrected chi connectivity index (χ3v) is 34.6. The molecule has 0 heteroatoms. The Morgan fingerprint density at radius 3 is 1.92 bits per heavy atom. The monoisotopic (exact) mass is 646 g/mol. The molecule has 0 aliphatic heterocycles. The van der Waals surface area contributed by atoms with Gasteiger partial charge in [-0.05, 0) is 206 Å². The lowest BCUT2D eigenvalue weighted by Gasteiger charge is -3.40. The summed E-state index contributed by atoms with van der Waals surface area (Å²) >= 11 is 0. The molecule has 49 heavy (non-hydrogen) atoms. The third-order valence-electron chi connectivity index (χ3n) is 34.6. The molecular weight excluding hydrogens is 589 g/mol. The molecule has 0 amide bonds. The van der Waals surface area contributed by atoms with Gasteiger partial charge >= 0.3 is 0 Å². The van der Waals surface area contributed by atoms with Crippen molar-refractivity contribution in [1.29, 1.82) is 0 Å². The Labute approximate surface area is 293 Å². The lowest BCUT2D eigenvalue weighted by Crippen LogP contribution is -3.39. The van der Waals surface area contributed by atoms with Crippen LogP contribution in [-0.4, -0.2) is 0 Å². The summed E-state index contributed by atoms with van der Waals surface area (Å²) in [5, 5.41) is 0. The summed E-state index contributed by atoms with van der Waals surface area (Å²) < 4.78 is 0. The van der Waals surface area contributed by atoms with Crippen LogP contribution in [0.3, 0.4) is 0 Å². The van der Waals surface area contributed by atoms with Crippen molar-refractivity contribution in [2.45, 2.75) is 102 Å². The van der Waals surface area contributed by atoms with Crippen LogP contribution in [0.4, 0.5) is 0 Å². The van der Waals surface area contributed by atoms with Crippen molar-refractivity contribution >= 4 is 0 Å². The zero-order chi connectivity index (χ0) is 32.1. The minimum absolute atomic E-state index is 0.479. The van der Waals surface area contributed by atoms with Crippen molar-refractivity contribution in [3.63, 3.8) is 0 Å². The van der Waals surface area contributed by atoms with Gasteiger partial charge in [0.2, 0.25) is 0 Å². The van der Waals surface area contributed by atoms with Crippen LogP contribution < -0.4 is 0 Å². The van der Waals surface area contributed by atoms with Crippen LogP contribution in [0, 0.1) is 193 Å². The molecule has 0 radical (unpaired) electrons. The summed E-state index contributed by atoms with van der Waals surface area (Å²) in [5.74, 6) is 20.2. The molecule has 21 saturated carbocycles. The topological polar surface area (TPSA) is 0 Å². The maximum Gasteiger partial charge on any atom is -0.00582 e. The van der Waals surface area contributed by atoms with Crippen LogP contribution in [0.2, 0.25) is 0 Å². The van der Waals surface area contributed by atoms with Crippen molar-refractivity contribution < 1.29 is 0 Å². The van der Waals surface area contributed by atoms with Crippen LogP contribution >= 0.6 is 0 Å². The fraction of sp³-hybridized carbons (Fsp3) is 1.00. The molecule has 11 spiro atoms. The van der Waals surface area contributed by atoms with E-state index < -0.39 is 0 Å². The first-order chi connectivity index (χ1) is 23.3. The highest BCUT2D eigenvalue weighted by molar-refractivity contribution is 5.86.